The summed E-state index contributed by atoms with van der Waals surface area (Å²) < 4.78 is 6.73. The molecule has 0 bridgehead atoms. The molecular weight excluding hydrogens is 256 g/mol. The van der Waals surface area contributed by atoms with E-state index in [1.54, 1.807) is 19.3 Å². The van der Waals surface area contributed by atoms with Gasteiger partial charge in [-0.3, -0.25) is 9.59 Å². The summed E-state index contributed by atoms with van der Waals surface area (Å²) in [5.41, 5.74) is 1.46. The zero-order chi connectivity index (χ0) is 14.4. The highest BCUT2D eigenvalue weighted by molar-refractivity contribution is 5.91. The van der Waals surface area contributed by atoms with Crippen LogP contribution in [0.3, 0.4) is 0 Å². The van der Waals surface area contributed by atoms with E-state index in [2.05, 4.69) is 5.32 Å². The number of benzene rings is 1. The van der Waals surface area contributed by atoms with E-state index in [9.17, 15) is 9.59 Å². The number of aryl methyl sites for hydroxylation is 1. The van der Waals surface area contributed by atoms with E-state index in [0.717, 1.165) is 5.56 Å². The van der Waals surface area contributed by atoms with Crippen LogP contribution in [-0.2, 0) is 23.2 Å². The van der Waals surface area contributed by atoms with Crippen LogP contribution in [0.1, 0.15) is 5.56 Å². The van der Waals surface area contributed by atoms with Crippen molar-refractivity contribution in [3.05, 3.63) is 64.6 Å². The molecule has 0 spiro atoms. The summed E-state index contributed by atoms with van der Waals surface area (Å²) in [6, 6.07) is 12.6. The van der Waals surface area contributed by atoms with Crippen LogP contribution in [0.2, 0.25) is 0 Å². The number of carbonyl (C=O) groups excluding carboxylic acids is 1. The van der Waals surface area contributed by atoms with Crippen LogP contribution < -0.4 is 10.9 Å². The Hall–Kier alpha value is -2.40. The lowest BCUT2D eigenvalue weighted by Gasteiger charge is -2.07. The molecule has 5 heteroatoms. The maximum Gasteiger partial charge on any atom is 0.250 e. The molecule has 0 aliphatic carbocycles. The summed E-state index contributed by atoms with van der Waals surface area (Å²) in [4.78, 5) is 22.9. The zero-order valence-electron chi connectivity index (χ0n) is 11.2. The summed E-state index contributed by atoms with van der Waals surface area (Å²) >= 11 is 0. The van der Waals surface area contributed by atoms with Crippen LogP contribution in [0, 0.1) is 0 Å². The molecule has 0 atom stereocenters. The minimum Gasteiger partial charge on any atom is -0.367 e. The fourth-order valence-corrected chi connectivity index (χ4v) is 1.70. The van der Waals surface area contributed by atoms with Crippen LogP contribution in [0.15, 0.2) is 53.5 Å². The Morgan fingerprint density at radius 1 is 1.20 bits per heavy atom. The van der Waals surface area contributed by atoms with Crippen molar-refractivity contribution >= 4 is 11.6 Å². The van der Waals surface area contributed by atoms with Crippen LogP contribution >= 0.6 is 0 Å². The predicted octanol–water partition coefficient (Wildman–Crippen LogP) is 1.54. The third-order valence-corrected chi connectivity index (χ3v) is 2.71. The Morgan fingerprint density at radius 2 is 1.95 bits per heavy atom. The second kappa shape index (κ2) is 6.68. The van der Waals surface area contributed by atoms with Crippen molar-refractivity contribution in [1.29, 1.82) is 0 Å². The SMILES string of the molecule is Cn1cc(NC(=O)COCc2ccccc2)ccc1=O. The molecule has 2 aromatic rings. The second-order valence-electron chi connectivity index (χ2n) is 4.39. The molecule has 0 fully saturated rings. The summed E-state index contributed by atoms with van der Waals surface area (Å²) in [5.74, 6) is -0.250. The van der Waals surface area contributed by atoms with Gasteiger partial charge in [0.25, 0.3) is 0 Å². The first-order valence-electron chi connectivity index (χ1n) is 6.23. The van der Waals surface area contributed by atoms with E-state index in [1.165, 1.54) is 10.6 Å². The fraction of sp³-hybridized carbons (Fsp3) is 0.200. The molecule has 0 aliphatic heterocycles. The molecule has 1 amide bonds. The first kappa shape index (κ1) is 14.0. The number of nitrogens with one attached hydrogen (secondary N) is 1. The van der Waals surface area contributed by atoms with E-state index >= 15 is 0 Å². The van der Waals surface area contributed by atoms with Crippen molar-refractivity contribution in [1.82, 2.24) is 4.57 Å². The zero-order valence-corrected chi connectivity index (χ0v) is 11.2. The van der Waals surface area contributed by atoms with Gasteiger partial charge in [0.15, 0.2) is 0 Å². The summed E-state index contributed by atoms with van der Waals surface area (Å²) in [5, 5.41) is 2.67. The smallest absolute Gasteiger partial charge is 0.250 e. The summed E-state index contributed by atoms with van der Waals surface area (Å²) in [6.45, 7) is 0.360. The van der Waals surface area contributed by atoms with Gasteiger partial charge >= 0.3 is 0 Å². The monoisotopic (exact) mass is 272 g/mol. The number of aromatic nitrogens is 1. The van der Waals surface area contributed by atoms with Crippen molar-refractivity contribution in [3.8, 4) is 0 Å². The molecule has 2 rings (SSSR count). The van der Waals surface area contributed by atoms with E-state index in [0.29, 0.717) is 12.3 Å². The van der Waals surface area contributed by atoms with Gasteiger partial charge in [-0.2, -0.15) is 0 Å². The van der Waals surface area contributed by atoms with Gasteiger partial charge < -0.3 is 14.6 Å². The van der Waals surface area contributed by atoms with Gasteiger partial charge in [0.2, 0.25) is 11.5 Å². The van der Waals surface area contributed by atoms with Gasteiger partial charge in [0.1, 0.15) is 6.61 Å². The van der Waals surface area contributed by atoms with Crippen molar-refractivity contribution in [2.75, 3.05) is 11.9 Å². The number of anilines is 1. The highest BCUT2D eigenvalue weighted by atomic mass is 16.5. The minimum absolute atomic E-state index is 0.0300. The van der Waals surface area contributed by atoms with Gasteiger partial charge in [0.05, 0.1) is 12.3 Å². The van der Waals surface area contributed by atoms with Gasteiger partial charge in [0, 0.05) is 19.3 Å². The lowest BCUT2D eigenvalue weighted by Crippen LogP contribution is -2.21. The standard InChI is InChI=1S/C15H16N2O3/c1-17-9-13(7-8-15(17)19)16-14(18)11-20-10-12-5-3-2-4-6-12/h2-9H,10-11H2,1H3,(H,16,18). The molecule has 20 heavy (non-hydrogen) atoms. The number of nitrogens with zero attached hydrogens (tertiary/aromatic N) is 1. The molecule has 104 valence electrons. The van der Waals surface area contributed by atoms with Gasteiger partial charge in [-0.05, 0) is 11.6 Å². The molecule has 1 N–H and O–H groups in total. The van der Waals surface area contributed by atoms with E-state index in [-0.39, 0.29) is 18.1 Å². The topological polar surface area (TPSA) is 60.3 Å². The third kappa shape index (κ3) is 4.07. The molecule has 1 heterocycles. The highest BCUT2D eigenvalue weighted by Crippen LogP contribution is 2.03. The Balaban J connectivity index is 1.80. The number of rotatable bonds is 5. The Kier molecular flexibility index (Phi) is 4.68. The molecule has 1 aromatic heterocycles. The summed E-state index contributed by atoms with van der Waals surface area (Å²) in [7, 11) is 1.63. The lowest BCUT2D eigenvalue weighted by molar-refractivity contribution is -0.121. The van der Waals surface area contributed by atoms with Gasteiger partial charge in [-0.25, -0.2) is 0 Å². The quantitative estimate of drug-likeness (QED) is 0.898. The van der Waals surface area contributed by atoms with Crippen LogP contribution in [0.4, 0.5) is 5.69 Å². The van der Waals surface area contributed by atoms with Crippen LogP contribution in [0.25, 0.3) is 0 Å². The van der Waals surface area contributed by atoms with E-state index < -0.39 is 0 Å². The molecule has 5 nitrogen and oxygen atoms in total. The van der Waals surface area contributed by atoms with E-state index in [1.807, 2.05) is 30.3 Å². The average molecular weight is 272 g/mol. The van der Waals surface area contributed by atoms with Crippen molar-refractivity contribution in [2.45, 2.75) is 6.61 Å². The van der Waals surface area contributed by atoms with Crippen molar-refractivity contribution < 1.29 is 9.53 Å². The predicted molar refractivity (Wildman–Crippen MR) is 76.4 cm³/mol. The summed E-state index contributed by atoms with van der Waals surface area (Å²) in [6.07, 6.45) is 1.57. The maximum absolute atomic E-state index is 11.7. The van der Waals surface area contributed by atoms with Crippen LogP contribution in [-0.4, -0.2) is 17.1 Å². The van der Waals surface area contributed by atoms with Crippen LogP contribution in [0.5, 0.6) is 0 Å². The lowest BCUT2D eigenvalue weighted by atomic mass is 10.2. The number of pyridine rings is 1. The molecule has 1 aromatic carbocycles. The third-order valence-electron chi connectivity index (χ3n) is 2.71. The second-order valence-corrected chi connectivity index (χ2v) is 4.39. The van der Waals surface area contributed by atoms with Crippen molar-refractivity contribution in [2.24, 2.45) is 7.05 Å². The highest BCUT2D eigenvalue weighted by Gasteiger charge is 2.03. The number of hydrogen-bond acceptors (Lipinski definition) is 3. The molecular formula is C15H16N2O3. The normalized spacial score (nSPS) is 10.2. The molecule has 0 radical (unpaired) electrons. The number of ether oxygens (including phenoxy) is 1. The largest absolute Gasteiger partial charge is 0.367 e. The average Bonchev–Trinajstić information content (AvgIpc) is 2.44. The Bertz CT molecular complexity index is 635. The number of hydrogen-bond donors (Lipinski definition) is 1. The minimum atomic E-state index is -0.250. The first-order valence-corrected chi connectivity index (χ1v) is 6.23. The van der Waals surface area contributed by atoms with E-state index in [4.69, 9.17) is 4.74 Å². The number of amides is 1. The Morgan fingerprint density at radius 3 is 2.65 bits per heavy atom. The van der Waals surface area contributed by atoms with Gasteiger partial charge in [-0.15, -0.1) is 0 Å². The molecule has 0 saturated heterocycles. The number of carbonyl (C=O) groups is 1. The first-order chi connectivity index (χ1) is 9.65. The molecule has 0 unspecified atom stereocenters. The van der Waals surface area contributed by atoms with Crippen molar-refractivity contribution in [3.63, 3.8) is 0 Å². The van der Waals surface area contributed by atoms with Gasteiger partial charge in [-0.1, -0.05) is 30.3 Å². The maximum atomic E-state index is 11.7. The Labute approximate surface area is 116 Å². The fourth-order valence-electron chi connectivity index (χ4n) is 1.70. The molecule has 0 aliphatic rings. The molecule has 0 saturated carbocycles.